The van der Waals surface area contributed by atoms with Gasteiger partial charge in [-0.3, -0.25) is 0 Å². The molecule has 5 heteroatoms. The number of thiazole rings is 1. The lowest BCUT2D eigenvalue weighted by Crippen LogP contribution is -2.12. The highest BCUT2D eigenvalue weighted by atomic mass is 32.1. The zero-order valence-corrected chi connectivity index (χ0v) is 10.7. The summed E-state index contributed by atoms with van der Waals surface area (Å²) in [5, 5.41) is 12.8. The third kappa shape index (κ3) is 3.20. The summed E-state index contributed by atoms with van der Waals surface area (Å²) in [5.74, 6) is -0.332. The van der Waals surface area contributed by atoms with E-state index in [9.17, 15) is 4.79 Å². The van der Waals surface area contributed by atoms with E-state index in [1.54, 1.807) is 6.92 Å². The summed E-state index contributed by atoms with van der Waals surface area (Å²) in [6, 6.07) is 0. The van der Waals surface area contributed by atoms with Gasteiger partial charge >= 0.3 is 5.97 Å². The van der Waals surface area contributed by atoms with Gasteiger partial charge in [0.2, 0.25) is 0 Å². The Labute approximate surface area is 99.7 Å². The van der Waals surface area contributed by atoms with Crippen molar-refractivity contribution in [3.63, 3.8) is 0 Å². The van der Waals surface area contributed by atoms with Gasteiger partial charge in [0.1, 0.15) is 0 Å². The number of aryl methyl sites for hydroxylation is 1. The normalized spacial score (nSPS) is 10.8. The number of carbonyl (C=O) groups is 1. The minimum Gasteiger partial charge on any atom is -0.476 e. The Hall–Kier alpha value is -1.10. The van der Waals surface area contributed by atoms with Gasteiger partial charge in [-0.15, -0.1) is 11.3 Å². The number of hydrogen-bond donors (Lipinski definition) is 2. The Morgan fingerprint density at radius 3 is 2.56 bits per heavy atom. The van der Waals surface area contributed by atoms with Gasteiger partial charge in [-0.1, -0.05) is 26.7 Å². The fourth-order valence-corrected chi connectivity index (χ4v) is 2.29. The summed E-state index contributed by atoms with van der Waals surface area (Å²) in [6.45, 7) is 6.96. The maximum absolute atomic E-state index is 10.8. The van der Waals surface area contributed by atoms with Crippen molar-refractivity contribution in [3.05, 3.63) is 10.6 Å². The first kappa shape index (κ1) is 13.0. The molecular formula is C11H18N2O2S. The van der Waals surface area contributed by atoms with Crippen LogP contribution >= 0.6 is 11.3 Å². The molecule has 1 aromatic heterocycles. The maximum atomic E-state index is 10.8. The molecule has 90 valence electrons. The second-order valence-corrected chi connectivity index (χ2v) is 5.00. The Kier molecular flexibility index (Phi) is 4.73. The minimum absolute atomic E-state index is 0.164. The van der Waals surface area contributed by atoms with Crippen molar-refractivity contribution in [2.75, 3.05) is 11.9 Å². The summed E-state index contributed by atoms with van der Waals surface area (Å²) in [7, 11) is 0. The van der Waals surface area contributed by atoms with Crippen LogP contribution < -0.4 is 5.32 Å². The third-order valence-corrected chi connectivity index (χ3v) is 3.62. The van der Waals surface area contributed by atoms with Crippen LogP contribution in [0.1, 0.15) is 42.1 Å². The van der Waals surface area contributed by atoms with Gasteiger partial charge in [0.15, 0.2) is 10.8 Å². The van der Waals surface area contributed by atoms with Crippen LogP contribution in [-0.2, 0) is 0 Å². The number of anilines is 1. The molecule has 1 heterocycles. The molecule has 1 rings (SSSR count). The van der Waals surface area contributed by atoms with Crippen LogP contribution in [0.4, 0.5) is 5.13 Å². The number of nitrogens with zero attached hydrogens (tertiary/aromatic N) is 1. The molecule has 0 spiro atoms. The van der Waals surface area contributed by atoms with Crippen molar-refractivity contribution in [1.29, 1.82) is 0 Å². The molecule has 0 radical (unpaired) electrons. The fraction of sp³-hybridized carbons (Fsp3) is 0.636. The van der Waals surface area contributed by atoms with Crippen LogP contribution in [0.2, 0.25) is 0 Å². The molecule has 0 bridgehead atoms. The number of aromatic carboxylic acids is 1. The second-order valence-electron chi connectivity index (χ2n) is 3.79. The van der Waals surface area contributed by atoms with Gasteiger partial charge in [-0.2, -0.15) is 0 Å². The largest absolute Gasteiger partial charge is 0.476 e. The van der Waals surface area contributed by atoms with Crippen LogP contribution in [0.15, 0.2) is 0 Å². The molecule has 2 N–H and O–H groups in total. The number of hydrogen-bond acceptors (Lipinski definition) is 4. The van der Waals surface area contributed by atoms with Crippen LogP contribution in [0.3, 0.4) is 0 Å². The molecule has 0 saturated heterocycles. The van der Waals surface area contributed by atoms with Crippen molar-refractivity contribution in [2.45, 2.75) is 33.6 Å². The number of rotatable bonds is 6. The van der Waals surface area contributed by atoms with E-state index < -0.39 is 5.97 Å². The summed E-state index contributed by atoms with van der Waals surface area (Å²) in [4.78, 5) is 15.6. The highest BCUT2D eigenvalue weighted by Crippen LogP contribution is 2.22. The molecule has 0 aliphatic carbocycles. The Balaban J connectivity index is 2.61. The molecule has 1 aromatic rings. The first-order valence-electron chi connectivity index (χ1n) is 5.53. The Bertz CT molecular complexity index is 359. The van der Waals surface area contributed by atoms with Crippen molar-refractivity contribution >= 4 is 22.4 Å². The molecule has 16 heavy (non-hydrogen) atoms. The molecule has 0 atom stereocenters. The van der Waals surface area contributed by atoms with E-state index in [2.05, 4.69) is 24.1 Å². The van der Waals surface area contributed by atoms with Gasteiger partial charge in [0.05, 0.1) is 0 Å². The number of carboxylic acid groups (broad SMARTS) is 1. The van der Waals surface area contributed by atoms with Gasteiger partial charge in [0, 0.05) is 11.4 Å². The average Bonchev–Trinajstić information content (AvgIpc) is 2.61. The molecule has 0 amide bonds. The summed E-state index contributed by atoms with van der Waals surface area (Å²) < 4.78 is 0. The van der Waals surface area contributed by atoms with E-state index in [-0.39, 0.29) is 5.69 Å². The third-order valence-electron chi connectivity index (χ3n) is 2.70. The maximum Gasteiger partial charge on any atom is 0.355 e. The molecule has 0 unspecified atom stereocenters. The second kappa shape index (κ2) is 5.84. The number of nitrogens with one attached hydrogen (secondary N) is 1. The monoisotopic (exact) mass is 242 g/mol. The van der Waals surface area contributed by atoms with E-state index in [0.29, 0.717) is 11.0 Å². The van der Waals surface area contributed by atoms with Gasteiger partial charge < -0.3 is 10.4 Å². The number of aromatic nitrogens is 1. The molecule has 4 nitrogen and oxygen atoms in total. The van der Waals surface area contributed by atoms with Crippen LogP contribution in [0.5, 0.6) is 0 Å². The molecular weight excluding hydrogens is 224 g/mol. The fourth-order valence-electron chi connectivity index (χ4n) is 1.48. The average molecular weight is 242 g/mol. The molecule has 0 aromatic carbocycles. The SMILES string of the molecule is CCC(CC)CNc1nc(C(=O)O)c(C)s1. The lowest BCUT2D eigenvalue weighted by atomic mass is 10.0. The van der Waals surface area contributed by atoms with Gasteiger partial charge in [-0.25, -0.2) is 9.78 Å². The van der Waals surface area contributed by atoms with Crippen LogP contribution in [0.25, 0.3) is 0 Å². The Morgan fingerprint density at radius 2 is 2.12 bits per heavy atom. The van der Waals surface area contributed by atoms with Crippen LogP contribution in [-0.4, -0.2) is 22.6 Å². The van der Waals surface area contributed by atoms with Gasteiger partial charge in [-0.05, 0) is 12.8 Å². The van der Waals surface area contributed by atoms with Crippen molar-refractivity contribution in [3.8, 4) is 0 Å². The zero-order chi connectivity index (χ0) is 12.1. The van der Waals surface area contributed by atoms with E-state index in [1.165, 1.54) is 11.3 Å². The van der Waals surface area contributed by atoms with Crippen LogP contribution in [0, 0.1) is 12.8 Å². The molecule has 0 saturated carbocycles. The zero-order valence-electron chi connectivity index (χ0n) is 9.91. The quantitative estimate of drug-likeness (QED) is 0.805. The first-order chi connectivity index (χ1) is 7.58. The smallest absolute Gasteiger partial charge is 0.355 e. The van der Waals surface area contributed by atoms with E-state index in [4.69, 9.17) is 5.11 Å². The molecule has 0 aliphatic heterocycles. The van der Waals surface area contributed by atoms with Gasteiger partial charge in [0.25, 0.3) is 0 Å². The Morgan fingerprint density at radius 1 is 1.50 bits per heavy atom. The van der Waals surface area contributed by atoms with Crippen molar-refractivity contribution in [2.24, 2.45) is 5.92 Å². The summed E-state index contributed by atoms with van der Waals surface area (Å²) in [6.07, 6.45) is 2.25. The van der Waals surface area contributed by atoms with E-state index >= 15 is 0 Å². The van der Waals surface area contributed by atoms with E-state index in [0.717, 1.165) is 24.3 Å². The number of carboxylic acids is 1. The lowest BCUT2D eigenvalue weighted by Gasteiger charge is -2.11. The summed E-state index contributed by atoms with van der Waals surface area (Å²) >= 11 is 1.40. The summed E-state index contributed by atoms with van der Waals surface area (Å²) in [5.41, 5.74) is 0.164. The minimum atomic E-state index is -0.954. The highest BCUT2D eigenvalue weighted by molar-refractivity contribution is 7.15. The standard InChI is InChI=1S/C11H18N2O2S/c1-4-8(5-2)6-12-11-13-9(10(14)15)7(3)16-11/h8H,4-6H2,1-3H3,(H,12,13)(H,14,15). The topological polar surface area (TPSA) is 62.2 Å². The van der Waals surface area contributed by atoms with Crippen molar-refractivity contribution in [1.82, 2.24) is 4.98 Å². The molecule has 0 aliphatic rings. The first-order valence-corrected chi connectivity index (χ1v) is 6.34. The molecule has 0 fully saturated rings. The predicted molar refractivity (Wildman–Crippen MR) is 66.4 cm³/mol. The lowest BCUT2D eigenvalue weighted by molar-refractivity contribution is 0.0690. The van der Waals surface area contributed by atoms with Crippen molar-refractivity contribution < 1.29 is 9.90 Å². The highest BCUT2D eigenvalue weighted by Gasteiger charge is 2.14. The predicted octanol–water partition coefficient (Wildman–Crippen LogP) is 3.00. The van der Waals surface area contributed by atoms with E-state index in [1.807, 2.05) is 0 Å².